The van der Waals surface area contributed by atoms with Gasteiger partial charge in [0.05, 0.1) is 6.10 Å². The van der Waals surface area contributed by atoms with E-state index >= 15 is 0 Å². The highest BCUT2D eigenvalue weighted by Crippen LogP contribution is 2.54. The average Bonchev–Trinajstić information content (AvgIpc) is 2.66. The van der Waals surface area contributed by atoms with Crippen LogP contribution in [0.5, 0.6) is 0 Å². The number of rotatable bonds is 3. The summed E-state index contributed by atoms with van der Waals surface area (Å²) in [5.41, 5.74) is 0.873. The summed E-state index contributed by atoms with van der Waals surface area (Å²) in [6, 6.07) is 0. The van der Waals surface area contributed by atoms with Gasteiger partial charge in [-0.15, -0.1) is 0 Å². The van der Waals surface area contributed by atoms with Gasteiger partial charge in [0.15, 0.2) is 12.4 Å². The lowest BCUT2D eigenvalue weighted by Crippen LogP contribution is -2.60. The molecular weight excluding hydrogens is 368 g/mol. The number of Topliss-reactive ketones (excluding diaryl/α,β-unsaturated/α-hetero) is 1. The van der Waals surface area contributed by atoms with Gasteiger partial charge in [-0.25, -0.2) is 4.79 Å². The first-order valence-corrected chi connectivity index (χ1v) is 9.81. The Morgan fingerprint density at radius 2 is 1.82 bits per heavy atom. The molecule has 8 heteroatoms. The lowest BCUT2D eigenvalue weighted by Gasteiger charge is -2.51. The minimum absolute atomic E-state index is 0.0615. The van der Waals surface area contributed by atoms with Gasteiger partial charge in [-0.05, 0) is 42.6 Å². The van der Waals surface area contributed by atoms with Crippen LogP contribution in [0.2, 0.25) is 0 Å². The number of carboxylic acid groups (broad SMARTS) is 1. The third kappa shape index (κ3) is 3.89. The molecule has 28 heavy (non-hydrogen) atoms. The Morgan fingerprint density at radius 3 is 2.43 bits per heavy atom. The predicted molar refractivity (Wildman–Crippen MR) is 97.2 cm³/mol. The highest BCUT2D eigenvalue weighted by atomic mass is 16.7. The number of carboxylic acids is 1. The van der Waals surface area contributed by atoms with Crippen LogP contribution >= 0.6 is 0 Å². The summed E-state index contributed by atoms with van der Waals surface area (Å²) < 4.78 is 11.0. The van der Waals surface area contributed by atoms with E-state index in [1.54, 1.807) is 0 Å². The van der Waals surface area contributed by atoms with Gasteiger partial charge in [0, 0.05) is 12.3 Å². The monoisotopic (exact) mass is 398 g/mol. The lowest BCUT2D eigenvalue weighted by atomic mass is 9.53. The SMILES string of the molecule is C=C1CCC2C(CC2(C)C)C(=O)CCC1OC1OC(C(=O)O)C(O)C(O)C1O. The van der Waals surface area contributed by atoms with Gasteiger partial charge in [0.25, 0.3) is 0 Å². The second-order valence-corrected chi connectivity index (χ2v) is 8.97. The van der Waals surface area contributed by atoms with Gasteiger partial charge in [-0.2, -0.15) is 0 Å². The molecule has 0 radical (unpaired) electrons. The number of hydrogen-bond acceptors (Lipinski definition) is 7. The van der Waals surface area contributed by atoms with E-state index in [9.17, 15) is 24.9 Å². The summed E-state index contributed by atoms with van der Waals surface area (Å²) in [7, 11) is 0. The normalized spacial score (nSPS) is 43.9. The van der Waals surface area contributed by atoms with Crippen LogP contribution in [0.25, 0.3) is 0 Å². The fourth-order valence-corrected chi connectivity index (χ4v) is 4.83. The summed E-state index contributed by atoms with van der Waals surface area (Å²) >= 11 is 0. The van der Waals surface area contributed by atoms with Crippen molar-refractivity contribution in [3.8, 4) is 0 Å². The van der Waals surface area contributed by atoms with Crippen LogP contribution in [0.15, 0.2) is 12.2 Å². The van der Waals surface area contributed by atoms with Crippen molar-refractivity contribution in [2.45, 2.75) is 82.8 Å². The van der Waals surface area contributed by atoms with Crippen molar-refractivity contribution in [2.75, 3.05) is 0 Å². The van der Waals surface area contributed by atoms with Crippen molar-refractivity contribution >= 4 is 11.8 Å². The van der Waals surface area contributed by atoms with Gasteiger partial charge in [0.1, 0.15) is 24.1 Å². The van der Waals surface area contributed by atoms with Crippen molar-refractivity contribution in [1.82, 2.24) is 0 Å². The van der Waals surface area contributed by atoms with Gasteiger partial charge < -0.3 is 29.9 Å². The van der Waals surface area contributed by atoms with Crippen LogP contribution < -0.4 is 0 Å². The Morgan fingerprint density at radius 1 is 1.14 bits per heavy atom. The summed E-state index contributed by atoms with van der Waals surface area (Å²) in [6.07, 6.45) is -5.87. The van der Waals surface area contributed by atoms with Crippen LogP contribution in [-0.2, 0) is 19.1 Å². The highest BCUT2D eigenvalue weighted by Gasteiger charge is 2.51. The molecule has 2 aliphatic carbocycles. The second-order valence-electron chi connectivity index (χ2n) is 8.97. The third-order valence-electron chi connectivity index (χ3n) is 6.65. The molecule has 0 amide bonds. The number of fused-ring (bicyclic) bond motifs is 1. The molecule has 158 valence electrons. The molecule has 4 N–H and O–H groups in total. The number of hydrogen-bond donors (Lipinski definition) is 4. The number of aliphatic carboxylic acids is 1. The lowest BCUT2D eigenvalue weighted by molar-refractivity contribution is -0.301. The maximum absolute atomic E-state index is 12.6. The Kier molecular flexibility index (Phi) is 5.99. The maximum Gasteiger partial charge on any atom is 0.335 e. The van der Waals surface area contributed by atoms with Crippen LogP contribution in [0.4, 0.5) is 0 Å². The Balaban J connectivity index is 1.71. The standard InChI is InChI=1S/C20H30O8/c1-9-4-5-11-10(8-20(11,2)3)12(21)6-7-13(9)27-19-16(24)14(22)15(23)17(28-19)18(25)26/h10-11,13-17,19,22-24H,1,4-8H2,2-3H3,(H,25,26). The zero-order chi connectivity index (χ0) is 20.8. The fraction of sp³-hybridized carbons (Fsp3) is 0.800. The average molecular weight is 398 g/mol. The van der Waals surface area contributed by atoms with Crippen molar-refractivity contribution in [2.24, 2.45) is 17.3 Å². The smallest absolute Gasteiger partial charge is 0.335 e. The van der Waals surface area contributed by atoms with E-state index in [1.165, 1.54) is 0 Å². The van der Waals surface area contributed by atoms with Gasteiger partial charge in [-0.1, -0.05) is 20.4 Å². The molecule has 3 rings (SSSR count). The number of ketones is 1. The molecule has 0 aromatic rings. The minimum Gasteiger partial charge on any atom is -0.479 e. The highest BCUT2D eigenvalue weighted by molar-refractivity contribution is 5.82. The zero-order valence-corrected chi connectivity index (χ0v) is 16.3. The third-order valence-corrected chi connectivity index (χ3v) is 6.65. The molecule has 0 aromatic carbocycles. The predicted octanol–water partition coefficient (Wildman–Crippen LogP) is 0.625. The summed E-state index contributed by atoms with van der Waals surface area (Å²) in [5, 5.41) is 39.1. The second kappa shape index (κ2) is 7.84. The molecule has 0 bridgehead atoms. The largest absolute Gasteiger partial charge is 0.479 e. The number of ether oxygens (including phenoxy) is 2. The molecule has 1 heterocycles. The van der Waals surface area contributed by atoms with E-state index in [0.29, 0.717) is 25.2 Å². The first kappa shape index (κ1) is 21.4. The van der Waals surface area contributed by atoms with Crippen molar-refractivity contribution in [1.29, 1.82) is 0 Å². The van der Waals surface area contributed by atoms with Gasteiger partial charge >= 0.3 is 5.97 Å². The number of aliphatic hydroxyl groups excluding tert-OH is 3. The van der Waals surface area contributed by atoms with Gasteiger partial charge in [-0.3, -0.25) is 4.79 Å². The Hall–Kier alpha value is -1.32. The van der Waals surface area contributed by atoms with E-state index in [2.05, 4.69) is 20.4 Å². The molecule has 0 spiro atoms. The summed E-state index contributed by atoms with van der Waals surface area (Å²) in [5.74, 6) is -0.905. The van der Waals surface area contributed by atoms with Crippen molar-refractivity contribution in [3.05, 3.63) is 12.2 Å². The number of aliphatic hydroxyl groups is 3. The Labute approximate surface area is 164 Å². The topological polar surface area (TPSA) is 134 Å². The van der Waals surface area contributed by atoms with Crippen molar-refractivity contribution < 1.29 is 39.5 Å². The molecule has 1 aliphatic heterocycles. The van der Waals surface area contributed by atoms with Crippen LogP contribution in [0, 0.1) is 17.3 Å². The van der Waals surface area contributed by atoms with E-state index in [1.807, 2.05) is 0 Å². The molecule has 2 saturated carbocycles. The minimum atomic E-state index is -1.77. The molecule has 8 nitrogen and oxygen atoms in total. The van der Waals surface area contributed by atoms with E-state index < -0.39 is 42.8 Å². The van der Waals surface area contributed by atoms with Crippen LogP contribution in [0.1, 0.15) is 46.0 Å². The molecule has 8 atom stereocenters. The zero-order valence-electron chi connectivity index (χ0n) is 16.3. The quantitative estimate of drug-likeness (QED) is 0.509. The summed E-state index contributed by atoms with van der Waals surface area (Å²) in [4.78, 5) is 23.9. The van der Waals surface area contributed by atoms with Crippen LogP contribution in [-0.4, -0.2) is 69.0 Å². The maximum atomic E-state index is 12.6. The van der Waals surface area contributed by atoms with Crippen molar-refractivity contribution in [3.63, 3.8) is 0 Å². The first-order chi connectivity index (χ1) is 13.0. The molecule has 0 aromatic heterocycles. The van der Waals surface area contributed by atoms with E-state index in [4.69, 9.17) is 14.6 Å². The first-order valence-electron chi connectivity index (χ1n) is 9.81. The van der Waals surface area contributed by atoms with E-state index in [-0.39, 0.29) is 17.1 Å². The van der Waals surface area contributed by atoms with Gasteiger partial charge in [0.2, 0.25) is 0 Å². The molecule has 3 aliphatic rings. The number of carbonyl (C=O) groups is 2. The summed E-state index contributed by atoms with van der Waals surface area (Å²) in [6.45, 7) is 8.41. The molecular formula is C20H30O8. The Bertz CT molecular complexity index is 644. The fourth-order valence-electron chi connectivity index (χ4n) is 4.83. The molecule has 1 saturated heterocycles. The number of carbonyl (C=O) groups excluding carboxylic acids is 1. The van der Waals surface area contributed by atoms with E-state index in [0.717, 1.165) is 18.4 Å². The van der Waals surface area contributed by atoms with Crippen LogP contribution in [0.3, 0.4) is 0 Å². The molecule has 8 unspecified atom stereocenters. The molecule has 3 fully saturated rings.